The Labute approximate surface area is 151 Å². The van der Waals surface area contributed by atoms with Crippen LogP contribution in [0.1, 0.15) is 30.1 Å². The Kier molecular flexibility index (Phi) is 5.70. The molecule has 0 radical (unpaired) electrons. The van der Waals surface area contributed by atoms with Gasteiger partial charge in [-0.2, -0.15) is 8.78 Å². The first-order valence-corrected chi connectivity index (χ1v) is 8.82. The number of halogens is 2. The Morgan fingerprint density at radius 3 is 2.50 bits per heavy atom. The van der Waals surface area contributed by atoms with E-state index in [2.05, 4.69) is 15.0 Å². The van der Waals surface area contributed by atoms with E-state index < -0.39 is 6.61 Å². The Morgan fingerprint density at radius 2 is 1.88 bits per heavy atom. The third kappa shape index (κ3) is 4.69. The molecule has 3 rings (SSSR count). The van der Waals surface area contributed by atoms with Crippen molar-refractivity contribution in [3.05, 3.63) is 29.8 Å². The third-order valence-electron chi connectivity index (χ3n) is 4.76. The van der Waals surface area contributed by atoms with E-state index in [9.17, 15) is 18.4 Å². The van der Waals surface area contributed by atoms with E-state index in [1.54, 1.807) is 11.0 Å². The average Bonchev–Trinajstić information content (AvgIpc) is 3.44. The van der Waals surface area contributed by atoms with E-state index in [1.165, 1.54) is 18.2 Å². The lowest BCUT2D eigenvalue weighted by molar-refractivity contribution is -0.126. The van der Waals surface area contributed by atoms with Crippen molar-refractivity contribution in [2.24, 2.45) is 0 Å². The molecule has 1 aliphatic carbocycles. The predicted molar refractivity (Wildman–Crippen MR) is 91.2 cm³/mol. The number of ether oxygens (including phenoxy) is 1. The van der Waals surface area contributed by atoms with Crippen LogP contribution in [0.4, 0.5) is 8.78 Å². The van der Waals surface area contributed by atoms with Gasteiger partial charge in [-0.15, -0.1) is 0 Å². The molecular formula is C18H23F2N3O3. The van der Waals surface area contributed by atoms with Crippen molar-refractivity contribution < 1.29 is 23.1 Å². The first-order valence-electron chi connectivity index (χ1n) is 8.82. The van der Waals surface area contributed by atoms with Gasteiger partial charge in [0, 0.05) is 37.8 Å². The van der Waals surface area contributed by atoms with Crippen molar-refractivity contribution in [2.75, 3.05) is 26.2 Å². The second kappa shape index (κ2) is 7.99. The lowest BCUT2D eigenvalue weighted by atomic mass is 10.1. The summed E-state index contributed by atoms with van der Waals surface area (Å²) in [7, 11) is 0. The number of carbonyl (C=O) groups is 2. The molecule has 1 aliphatic heterocycles. The van der Waals surface area contributed by atoms with E-state index in [0.29, 0.717) is 37.8 Å². The fourth-order valence-corrected chi connectivity index (χ4v) is 3.02. The maximum absolute atomic E-state index is 12.6. The van der Waals surface area contributed by atoms with E-state index in [4.69, 9.17) is 0 Å². The molecular weight excluding hydrogens is 344 g/mol. The van der Waals surface area contributed by atoms with Crippen LogP contribution in [-0.2, 0) is 4.79 Å². The number of piperazine rings is 1. The van der Waals surface area contributed by atoms with Gasteiger partial charge in [-0.3, -0.25) is 14.5 Å². The molecule has 0 bridgehead atoms. The van der Waals surface area contributed by atoms with Crippen molar-refractivity contribution in [3.63, 3.8) is 0 Å². The van der Waals surface area contributed by atoms with Crippen LogP contribution in [0.25, 0.3) is 0 Å². The highest BCUT2D eigenvalue weighted by Crippen LogP contribution is 2.20. The predicted octanol–water partition coefficient (Wildman–Crippen LogP) is 1.71. The monoisotopic (exact) mass is 367 g/mol. The van der Waals surface area contributed by atoms with Crippen LogP contribution < -0.4 is 10.1 Å². The second-order valence-corrected chi connectivity index (χ2v) is 6.69. The summed E-state index contributed by atoms with van der Waals surface area (Å²) in [5.74, 6) is -0.224. The van der Waals surface area contributed by atoms with Crippen LogP contribution in [0.2, 0.25) is 0 Å². The highest BCUT2D eigenvalue weighted by atomic mass is 19.3. The minimum Gasteiger partial charge on any atom is -0.435 e. The summed E-state index contributed by atoms with van der Waals surface area (Å²) in [5.41, 5.74) is 0.316. The number of nitrogens with zero attached hydrogens (tertiary/aromatic N) is 2. The van der Waals surface area contributed by atoms with Gasteiger partial charge in [0.1, 0.15) is 5.75 Å². The van der Waals surface area contributed by atoms with Crippen molar-refractivity contribution in [2.45, 2.75) is 38.5 Å². The van der Waals surface area contributed by atoms with Gasteiger partial charge in [-0.05, 0) is 38.0 Å². The molecule has 1 N–H and O–H groups in total. The molecule has 1 saturated carbocycles. The summed E-state index contributed by atoms with van der Waals surface area (Å²) in [5, 5.41) is 3.00. The number of amides is 2. The minimum atomic E-state index is -2.92. The van der Waals surface area contributed by atoms with E-state index in [1.807, 2.05) is 6.92 Å². The Morgan fingerprint density at radius 1 is 1.19 bits per heavy atom. The van der Waals surface area contributed by atoms with Gasteiger partial charge in [-0.1, -0.05) is 6.07 Å². The highest BCUT2D eigenvalue weighted by molar-refractivity contribution is 5.94. The van der Waals surface area contributed by atoms with Crippen LogP contribution in [0.5, 0.6) is 5.75 Å². The Balaban J connectivity index is 1.54. The second-order valence-electron chi connectivity index (χ2n) is 6.69. The van der Waals surface area contributed by atoms with E-state index in [-0.39, 0.29) is 23.6 Å². The van der Waals surface area contributed by atoms with Gasteiger partial charge < -0.3 is 15.0 Å². The number of rotatable bonds is 6. The normalized spacial score (nSPS) is 19.3. The van der Waals surface area contributed by atoms with Crippen molar-refractivity contribution in [1.82, 2.24) is 15.1 Å². The summed E-state index contributed by atoms with van der Waals surface area (Å²) < 4.78 is 29.0. The lowest BCUT2D eigenvalue weighted by Gasteiger charge is -2.37. The molecule has 2 aliphatic rings. The van der Waals surface area contributed by atoms with Crippen molar-refractivity contribution in [3.8, 4) is 5.75 Å². The number of carbonyl (C=O) groups excluding carboxylic acids is 2. The van der Waals surface area contributed by atoms with Crippen LogP contribution >= 0.6 is 0 Å². The van der Waals surface area contributed by atoms with Gasteiger partial charge in [0.05, 0.1) is 6.04 Å². The number of alkyl halides is 2. The summed E-state index contributed by atoms with van der Waals surface area (Å²) in [6.45, 7) is 1.11. The Hall–Kier alpha value is -2.22. The number of nitrogens with one attached hydrogen (secondary N) is 1. The lowest BCUT2D eigenvalue weighted by Crippen LogP contribution is -2.55. The first kappa shape index (κ1) is 18.6. The minimum absolute atomic E-state index is 0.0316. The summed E-state index contributed by atoms with van der Waals surface area (Å²) in [6.07, 6.45) is 2.10. The molecule has 2 fully saturated rings. The van der Waals surface area contributed by atoms with Crippen LogP contribution in [-0.4, -0.2) is 66.5 Å². The fraction of sp³-hybridized carbons (Fsp3) is 0.556. The Bertz CT molecular complexity index is 659. The van der Waals surface area contributed by atoms with Crippen molar-refractivity contribution >= 4 is 11.8 Å². The van der Waals surface area contributed by atoms with Gasteiger partial charge >= 0.3 is 6.61 Å². The third-order valence-corrected chi connectivity index (χ3v) is 4.76. The molecule has 1 heterocycles. The summed E-state index contributed by atoms with van der Waals surface area (Å²) in [4.78, 5) is 28.5. The quantitative estimate of drug-likeness (QED) is 0.832. The number of hydrogen-bond donors (Lipinski definition) is 1. The molecule has 26 heavy (non-hydrogen) atoms. The van der Waals surface area contributed by atoms with Crippen LogP contribution in [0, 0.1) is 0 Å². The van der Waals surface area contributed by atoms with Crippen molar-refractivity contribution in [1.29, 1.82) is 0 Å². The summed E-state index contributed by atoms with van der Waals surface area (Å²) >= 11 is 0. The standard InChI is InChI=1S/C18H23F2N3O3/c1-12(16(24)21-14-5-6-14)22-7-9-23(10-8-22)17(25)13-3-2-4-15(11-13)26-18(19)20/h2-4,11-12,14,18H,5-10H2,1H3,(H,21,24). The molecule has 1 aromatic rings. The molecule has 1 atom stereocenters. The number of hydrogen-bond acceptors (Lipinski definition) is 4. The summed E-state index contributed by atoms with van der Waals surface area (Å²) in [6, 6.07) is 5.92. The zero-order valence-electron chi connectivity index (χ0n) is 14.7. The SMILES string of the molecule is CC(C(=O)NC1CC1)N1CCN(C(=O)c2cccc(OC(F)F)c2)CC1. The largest absolute Gasteiger partial charge is 0.435 e. The molecule has 0 aromatic heterocycles. The van der Waals surface area contributed by atoms with Crippen LogP contribution in [0.15, 0.2) is 24.3 Å². The van der Waals surface area contributed by atoms with Gasteiger partial charge in [0.25, 0.3) is 5.91 Å². The maximum atomic E-state index is 12.6. The number of benzene rings is 1. The molecule has 1 unspecified atom stereocenters. The van der Waals surface area contributed by atoms with E-state index >= 15 is 0 Å². The van der Waals surface area contributed by atoms with Crippen LogP contribution in [0.3, 0.4) is 0 Å². The zero-order chi connectivity index (χ0) is 18.7. The molecule has 1 saturated heterocycles. The molecule has 6 nitrogen and oxygen atoms in total. The maximum Gasteiger partial charge on any atom is 0.387 e. The van der Waals surface area contributed by atoms with E-state index in [0.717, 1.165) is 12.8 Å². The first-order chi connectivity index (χ1) is 12.4. The topological polar surface area (TPSA) is 61.9 Å². The molecule has 1 aromatic carbocycles. The molecule has 142 valence electrons. The molecule has 0 spiro atoms. The highest BCUT2D eigenvalue weighted by Gasteiger charge is 2.31. The fourth-order valence-electron chi connectivity index (χ4n) is 3.02. The molecule has 2 amide bonds. The zero-order valence-corrected chi connectivity index (χ0v) is 14.7. The average molecular weight is 367 g/mol. The smallest absolute Gasteiger partial charge is 0.387 e. The van der Waals surface area contributed by atoms with Gasteiger partial charge in [-0.25, -0.2) is 0 Å². The van der Waals surface area contributed by atoms with Gasteiger partial charge in [0.15, 0.2) is 0 Å². The van der Waals surface area contributed by atoms with Gasteiger partial charge in [0.2, 0.25) is 5.91 Å². The molecule has 8 heteroatoms.